The molecule has 1 aliphatic carbocycles. The lowest BCUT2D eigenvalue weighted by Gasteiger charge is -2.20. The summed E-state index contributed by atoms with van der Waals surface area (Å²) < 4.78 is 2.16. The van der Waals surface area contributed by atoms with Gasteiger partial charge in [0.25, 0.3) is 0 Å². The first-order valence-corrected chi connectivity index (χ1v) is 9.78. The van der Waals surface area contributed by atoms with E-state index in [0.29, 0.717) is 0 Å². The van der Waals surface area contributed by atoms with E-state index in [9.17, 15) is 9.59 Å². The third-order valence-electron chi connectivity index (χ3n) is 4.46. The lowest BCUT2D eigenvalue weighted by atomic mass is 10.0. The predicted molar refractivity (Wildman–Crippen MR) is 102 cm³/mol. The minimum Gasteiger partial charge on any atom is -0.351 e. The lowest BCUT2D eigenvalue weighted by molar-refractivity contribution is -0.120. The smallest absolute Gasteiger partial charge is 0.318 e. The quantitative estimate of drug-likeness (QED) is 0.789. The lowest BCUT2D eigenvalue weighted by Crippen LogP contribution is -2.42. The zero-order valence-electron chi connectivity index (χ0n) is 15.1. The molecule has 3 N–H and O–H groups in total. The molecule has 1 atom stereocenters. The molecule has 0 bridgehead atoms. The number of aryl methyl sites for hydroxylation is 1. The molecule has 3 amide bonds. The molecule has 26 heavy (non-hydrogen) atoms. The van der Waals surface area contributed by atoms with Gasteiger partial charge in [0.2, 0.25) is 5.91 Å². The maximum Gasteiger partial charge on any atom is 0.318 e. The number of aromatic nitrogens is 2. The molecule has 2 aromatic rings. The van der Waals surface area contributed by atoms with Gasteiger partial charge in [-0.3, -0.25) is 14.7 Å². The Balaban J connectivity index is 1.99. The second kappa shape index (κ2) is 7.95. The number of nitrogens with one attached hydrogen (secondary N) is 1. The van der Waals surface area contributed by atoms with E-state index in [1.807, 2.05) is 32.0 Å². The number of thioether (sulfide) groups is 1. The average molecular weight is 372 g/mol. The van der Waals surface area contributed by atoms with E-state index in [4.69, 9.17) is 10.7 Å². The molecule has 3 rings (SSSR count). The van der Waals surface area contributed by atoms with Gasteiger partial charge >= 0.3 is 6.03 Å². The molecule has 0 fully saturated rings. The summed E-state index contributed by atoms with van der Waals surface area (Å²) in [7, 11) is 0. The molecule has 0 aliphatic heterocycles. The number of hydrogen-bond acceptors (Lipinski definition) is 4. The van der Waals surface area contributed by atoms with Crippen LogP contribution in [-0.4, -0.2) is 26.7 Å². The maximum atomic E-state index is 12.4. The van der Waals surface area contributed by atoms with Crippen LogP contribution >= 0.6 is 11.8 Å². The van der Waals surface area contributed by atoms with E-state index in [-0.39, 0.29) is 11.8 Å². The van der Waals surface area contributed by atoms with E-state index in [0.717, 1.165) is 42.2 Å². The third kappa shape index (κ3) is 3.93. The molecule has 1 aromatic carbocycles. The minimum absolute atomic E-state index is 0.0253. The Morgan fingerprint density at radius 3 is 2.54 bits per heavy atom. The Kier molecular flexibility index (Phi) is 5.66. The van der Waals surface area contributed by atoms with E-state index in [1.54, 1.807) is 0 Å². The van der Waals surface area contributed by atoms with Gasteiger partial charge in [0, 0.05) is 11.4 Å². The second-order valence-electron chi connectivity index (χ2n) is 6.80. The van der Waals surface area contributed by atoms with Crippen molar-refractivity contribution in [2.24, 2.45) is 11.7 Å². The highest BCUT2D eigenvalue weighted by molar-refractivity contribution is 8.00. The number of benzene rings is 1. The molecule has 1 aromatic heterocycles. The zero-order valence-corrected chi connectivity index (χ0v) is 15.9. The molecule has 138 valence electrons. The average Bonchev–Trinajstić information content (AvgIpc) is 2.97. The summed E-state index contributed by atoms with van der Waals surface area (Å²) in [5, 5.41) is 2.55. The number of hydrogen-bond donors (Lipinski definition) is 2. The molecule has 0 radical (unpaired) electrons. The molecule has 7 heteroatoms. The van der Waals surface area contributed by atoms with Crippen LogP contribution in [0.25, 0.3) is 5.69 Å². The number of primary amides is 1. The third-order valence-corrected chi connectivity index (χ3v) is 5.96. The van der Waals surface area contributed by atoms with Crippen molar-refractivity contribution in [3.05, 3.63) is 41.7 Å². The SMILES string of the molecule is CC(C)[C@@H](Sc1nc2c(n1-c1ccccc1)CCCC2)C(=O)NC(N)=O. The highest BCUT2D eigenvalue weighted by atomic mass is 32.2. The van der Waals surface area contributed by atoms with Gasteiger partial charge in [-0.2, -0.15) is 0 Å². The van der Waals surface area contributed by atoms with Crippen LogP contribution in [0.2, 0.25) is 0 Å². The number of imide groups is 1. The van der Waals surface area contributed by atoms with Crippen molar-refractivity contribution < 1.29 is 9.59 Å². The fourth-order valence-electron chi connectivity index (χ4n) is 3.24. The van der Waals surface area contributed by atoms with Gasteiger partial charge in [0.1, 0.15) is 0 Å². The minimum atomic E-state index is -0.827. The number of nitrogens with two attached hydrogens (primary N) is 1. The summed E-state index contributed by atoms with van der Waals surface area (Å²) in [6.07, 6.45) is 4.23. The van der Waals surface area contributed by atoms with E-state index in [2.05, 4.69) is 22.0 Å². The van der Waals surface area contributed by atoms with Crippen molar-refractivity contribution in [2.75, 3.05) is 0 Å². The highest BCUT2D eigenvalue weighted by Gasteiger charge is 2.29. The van der Waals surface area contributed by atoms with Crippen molar-refractivity contribution in [3.8, 4) is 5.69 Å². The van der Waals surface area contributed by atoms with Crippen LogP contribution in [0.1, 0.15) is 38.1 Å². The fraction of sp³-hybridized carbons (Fsp3) is 0.421. The molecule has 6 nitrogen and oxygen atoms in total. The van der Waals surface area contributed by atoms with Crippen LogP contribution in [0.15, 0.2) is 35.5 Å². The molecule has 1 aliphatic rings. The normalized spacial score (nSPS) is 14.7. The Morgan fingerprint density at radius 2 is 1.88 bits per heavy atom. The van der Waals surface area contributed by atoms with E-state index < -0.39 is 11.3 Å². The number of nitrogens with zero attached hydrogens (tertiary/aromatic N) is 2. The van der Waals surface area contributed by atoms with Crippen LogP contribution in [0.4, 0.5) is 4.79 Å². The number of rotatable bonds is 5. The number of imidazole rings is 1. The zero-order chi connectivity index (χ0) is 18.7. The summed E-state index contributed by atoms with van der Waals surface area (Å²) in [5.74, 6) is -0.351. The molecular weight excluding hydrogens is 348 g/mol. The van der Waals surface area contributed by atoms with E-state index >= 15 is 0 Å². The van der Waals surface area contributed by atoms with Crippen molar-refractivity contribution >= 4 is 23.7 Å². The van der Waals surface area contributed by atoms with Gasteiger partial charge < -0.3 is 5.73 Å². The van der Waals surface area contributed by atoms with Crippen molar-refractivity contribution in [1.82, 2.24) is 14.9 Å². The fourth-order valence-corrected chi connectivity index (χ4v) is 4.39. The number of fused-ring (bicyclic) bond motifs is 1. The van der Waals surface area contributed by atoms with Crippen LogP contribution in [0.3, 0.4) is 0 Å². The largest absolute Gasteiger partial charge is 0.351 e. The van der Waals surface area contributed by atoms with Gasteiger partial charge in [-0.25, -0.2) is 9.78 Å². The van der Waals surface area contributed by atoms with Crippen LogP contribution < -0.4 is 11.1 Å². The van der Waals surface area contributed by atoms with Gasteiger partial charge in [-0.1, -0.05) is 43.8 Å². The van der Waals surface area contributed by atoms with Crippen LogP contribution in [0.5, 0.6) is 0 Å². The highest BCUT2D eigenvalue weighted by Crippen LogP contribution is 2.34. The number of carbonyl (C=O) groups is 2. The van der Waals surface area contributed by atoms with Crippen molar-refractivity contribution in [3.63, 3.8) is 0 Å². The Hall–Kier alpha value is -2.28. The standard InChI is InChI=1S/C19H24N4O2S/c1-12(2)16(17(24)22-18(20)25)26-19-21-14-10-6-7-11-15(14)23(19)13-8-4-3-5-9-13/h3-5,8-9,12,16H,6-7,10-11H2,1-2H3,(H3,20,22,24,25)/t16-/m1/s1. The first-order chi connectivity index (χ1) is 12.5. The Morgan fingerprint density at radius 1 is 1.19 bits per heavy atom. The first-order valence-electron chi connectivity index (χ1n) is 8.90. The number of amides is 3. The first kappa shape index (κ1) is 18.5. The molecular formula is C19H24N4O2S. The summed E-state index contributed by atoms with van der Waals surface area (Å²) >= 11 is 1.39. The maximum absolute atomic E-state index is 12.4. The number of para-hydroxylation sites is 1. The van der Waals surface area contributed by atoms with Gasteiger partial charge in [0.15, 0.2) is 5.16 Å². The van der Waals surface area contributed by atoms with Crippen molar-refractivity contribution in [2.45, 2.75) is 49.9 Å². The molecule has 0 spiro atoms. The topological polar surface area (TPSA) is 90.0 Å². The van der Waals surface area contributed by atoms with Crippen LogP contribution in [-0.2, 0) is 17.6 Å². The molecule has 0 saturated carbocycles. The number of urea groups is 1. The summed E-state index contributed by atoms with van der Waals surface area (Å²) in [5.41, 5.74) is 8.51. The van der Waals surface area contributed by atoms with Crippen molar-refractivity contribution in [1.29, 1.82) is 0 Å². The summed E-state index contributed by atoms with van der Waals surface area (Å²) in [4.78, 5) is 28.4. The van der Waals surface area contributed by atoms with E-state index in [1.165, 1.54) is 17.5 Å². The molecule has 0 saturated heterocycles. The van der Waals surface area contributed by atoms with Gasteiger partial charge in [0.05, 0.1) is 10.9 Å². The second-order valence-corrected chi connectivity index (χ2v) is 7.91. The van der Waals surface area contributed by atoms with Crippen LogP contribution in [0, 0.1) is 5.92 Å². The Labute approximate surface area is 157 Å². The monoisotopic (exact) mass is 372 g/mol. The van der Waals surface area contributed by atoms with Gasteiger partial charge in [-0.05, 0) is 43.7 Å². The predicted octanol–water partition coefficient (Wildman–Crippen LogP) is 3.06. The van der Waals surface area contributed by atoms with Gasteiger partial charge in [-0.15, -0.1) is 0 Å². The number of carbonyl (C=O) groups excluding carboxylic acids is 2. The summed E-state index contributed by atoms with van der Waals surface area (Å²) in [6.45, 7) is 3.90. The molecule has 0 unspecified atom stereocenters. The summed E-state index contributed by atoms with van der Waals surface area (Å²) in [6, 6.07) is 9.25. The Bertz CT molecular complexity index is 801. The molecule has 1 heterocycles.